The molecule has 1 amide bonds. The van der Waals surface area contributed by atoms with Crippen LogP contribution in [0.1, 0.15) is 43.8 Å². The number of rotatable bonds is 5. The van der Waals surface area contributed by atoms with E-state index >= 15 is 0 Å². The molecule has 2 aromatic rings. The highest BCUT2D eigenvalue weighted by atomic mass is 32.1. The fourth-order valence-corrected chi connectivity index (χ4v) is 4.11. The molecule has 1 fully saturated rings. The lowest BCUT2D eigenvalue weighted by atomic mass is 10.0. The zero-order chi connectivity index (χ0) is 18.7. The Balaban J connectivity index is 1.87. The van der Waals surface area contributed by atoms with Gasteiger partial charge in [0.1, 0.15) is 16.4 Å². The maximum absolute atomic E-state index is 13.0. The minimum atomic E-state index is -0.427. The van der Waals surface area contributed by atoms with Crippen LogP contribution in [0, 0.1) is 0 Å². The first kappa shape index (κ1) is 18.3. The molecule has 0 bridgehead atoms. The minimum absolute atomic E-state index is 0.0629. The van der Waals surface area contributed by atoms with Crippen molar-refractivity contribution >= 4 is 23.2 Å². The van der Waals surface area contributed by atoms with E-state index in [-0.39, 0.29) is 11.9 Å². The number of esters is 1. The summed E-state index contributed by atoms with van der Waals surface area (Å²) in [6.07, 6.45) is 1.78. The van der Waals surface area contributed by atoms with E-state index in [0.717, 1.165) is 29.7 Å². The third kappa shape index (κ3) is 3.39. The van der Waals surface area contributed by atoms with Crippen molar-refractivity contribution in [2.75, 3.05) is 27.9 Å². The van der Waals surface area contributed by atoms with Crippen LogP contribution in [-0.4, -0.2) is 44.7 Å². The van der Waals surface area contributed by atoms with Crippen molar-refractivity contribution in [2.45, 2.75) is 18.9 Å². The first-order chi connectivity index (χ1) is 12.6. The van der Waals surface area contributed by atoms with Gasteiger partial charge in [-0.25, -0.2) is 4.79 Å². The Hall–Kier alpha value is -2.54. The van der Waals surface area contributed by atoms with Crippen molar-refractivity contribution in [1.29, 1.82) is 0 Å². The molecule has 3 rings (SSSR count). The first-order valence-corrected chi connectivity index (χ1v) is 9.11. The highest BCUT2D eigenvalue weighted by Gasteiger charge is 2.33. The number of carbonyl (C=O) groups is 2. The molecule has 0 aliphatic carbocycles. The van der Waals surface area contributed by atoms with Gasteiger partial charge in [-0.3, -0.25) is 4.79 Å². The number of thiophene rings is 1. The van der Waals surface area contributed by atoms with Crippen LogP contribution in [0.2, 0.25) is 0 Å². The molecule has 1 aliphatic heterocycles. The summed E-state index contributed by atoms with van der Waals surface area (Å²) in [6, 6.07) is 8.90. The lowest BCUT2D eigenvalue weighted by Gasteiger charge is -2.26. The van der Waals surface area contributed by atoms with Crippen LogP contribution in [-0.2, 0) is 4.74 Å². The van der Waals surface area contributed by atoms with Crippen molar-refractivity contribution in [1.82, 2.24) is 4.90 Å². The maximum Gasteiger partial charge on any atom is 0.348 e. The van der Waals surface area contributed by atoms with Crippen molar-refractivity contribution in [3.8, 4) is 11.5 Å². The fraction of sp³-hybridized carbons (Fsp3) is 0.368. The Morgan fingerprint density at radius 3 is 2.54 bits per heavy atom. The van der Waals surface area contributed by atoms with Gasteiger partial charge >= 0.3 is 5.97 Å². The number of amides is 1. The van der Waals surface area contributed by atoms with Gasteiger partial charge in [0.25, 0.3) is 5.91 Å². The number of methoxy groups -OCH3 is 3. The van der Waals surface area contributed by atoms with Gasteiger partial charge in [0.05, 0.1) is 32.2 Å². The van der Waals surface area contributed by atoms with Crippen molar-refractivity contribution < 1.29 is 23.8 Å². The van der Waals surface area contributed by atoms with Crippen LogP contribution in [0.3, 0.4) is 0 Å². The molecule has 26 heavy (non-hydrogen) atoms. The topological polar surface area (TPSA) is 65.1 Å². The van der Waals surface area contributed by atoms with Crippen LogP contribution in [0.25, 0.3) is 0 Å². The second-order valence-electron chi connectivity index (χ2n) is 5.92. The van der Waals surface area contributed by atoms with Gasteiger partial charge in [0.2, 0.25) is 0 Å². The molecule has 2 heterocycles. The minimum Gasteiger partial charge on any atom is -0.497 e. The number of likely N-dealkylation sites (tertiary alicyclic amines) is 1. The molecule has 0 spiro atoms. The summed E-state index contributed by atoms with van der Waals surface area (Å²) < 4.78 is 15.5. The molecule has 1 atom stereocenters. The maximum atomic E-state index is 13.0. The molecule has 0 N–H and O–H groups in total. The molecular weight excluding hydrogens is 354 g/mol. The van der Waals surface area contributed by atoms with Gasteiger partial charge in [-0.15, -0.1) is 11.3 Å². The molecule has 138 valence electrons. The number of ether oxygens (including phenoxy) is 3. The smallest absolute Gasteiger partial charge is 0.348 e. The lowest BCUT2D eigenvalue weighted by molar-refractivity contribution is 0.0606. The largest absolute Gasteiger partial charge is 0.497 e. The third-order valence-corrected chi connectivity index (χ3v) is 5.57. The molecule has 1 aliphatic rings. The Kier molecular flexibility index (Phi) is 5.46. The molecule has 1 unspecified atom stereocenters. The molecule has 1 aromatic heterocycles. The van der Waals surface area contributed by atoms with E-state index in [0.29, 0.717) is 27.8 Å². The Morgan fingerprint density at radius 2 is 1.85 bits per heavy atom. The van der Waals surface area contributed by atoms with Crippen LogP contribution < -0.4 is 9.47 Å². The van der Waals surface area contributed by atoms with Gasteiger partial charge < -0.3 is 19.1 Å². The third-order valence-electron chi connectivity index (χ3n) is 4.52. The summed E-state index contributed by atoms with van der Waals surface area (Å²) in [4.78, 5) is 27.4. The van der Waals surface area contributed by atoms with E-state index in [4.69, 9.17) is 14.2 Å². The molecule has 1 saturated heterocycles. The van der Waals surface area contributed by atoms with E-state index in [9.17, 15) is 9.59 Å². The summed E-state index contributed by atoms with van der Waals surface area (Å²) in [7, 11) is 4.55. The summed E-state index contributed by atoms with van der Waals surface area (Å²) in [6.45, 7) is 0.671. The zero-order valence-electron chi connectivity index (χ0n) is 15.0. The molecule has 7 heteroatoms. The SMILES string of the molecule is COC(=O)c1ccc(C(=O)N2CCCC2c2ccc(OC)cc2OC)s1. The van der Waals surface area contributed by atoms with Gasteiger partial charge in [-0.05, 0) is 37.1 Å². The number of nitrogens with zero attached hydrogens (tertiary/aromatic N) is 1. The van der Waals surface area contributed by atoms with Crippen molar-refractivity contribution in [3.05, 3.63) is 45.6 Å². The lowest BCUT2D eigenvalue weighted by Crippen LogP contribution is -2.30. The van der Waals surface area contributed by atoms with Crippen LogP contribution in [0.5, 0.6) is 11.5 Å². The van der Waals surface area contributed by atoms with Crippen LogP contribution >= 0.6 is 11.3 Å². The van der Waals surface area contributed by atoms with E-state index in [1.165, 1.54) is 7.11 Å². The van der Waals surface area contributed by atoms with E-state index in [1.807, 2.05) is 23.1 Å². The predicted octanol–water partition coefficient (Wildman–Crippen LogP) is 3.53. The van der Waals surface area contributed by atoms with Gasteiger partial charge in [-0.1, -0.05) is 0 Å². The summed E-state index contributed by atoms with van der Waals surface area (Å²) >= 11 is 1.16. The summed E-state index contributed by atoms with van der Waals surface area (Å²) in [5.74, 6) is 0.910. The number of hydrogen-bond donors (Lipinski definition) is 0. The van der Waals surface area contributed by atoms with Crippen molar-refractivity contribution in [3.63, 3.8) is 0 Å². The van der Waals surface area contributed by atoms with E-state index in [2.05, 4.69) is 0 Å². The molecular formula is C19H21NO5S. The number of benzene rings is 1. The van der Waals surface area contributed by atoms with Gasteiger partial charge in [0, 0.05) is 18.2 Å². The van der Waals surface area contributed by atoms with Crippen molar-refractivity contribution in [2.24, 2.45) is 0 Å². The Labute approximate surface area is 156 Å². The van der Waals surface area contributed by atoms with E-state index in [1.54, 1.807) is 26.4 Å². The normalized spacial score (nSPS) is 16.4. The Morgan fingerprint density at radius 1 is 1.08 bits per heavy atom. The fourth-order valence-electron chi connectivity index (χ4n) is 3.23. The van der Waals surface area contributed by atoms with Gasteiger partial charge in [0.15, 0.2) is 0 Å². The van der Waals surface area contributed by atoms with Gasteiger partial charge in [-0.2, -0.15) is 0 Å². The average molecular weight is 375 g/mol. The highest BCUT2D eigenvalue weighted by Crippen LogP contribution is 2.39. The average Bonchev–Trinajstić information content (AvgIpc) is 3.35. The number of hydrogen-bond acceptors (Lipinski definition) is 6. The molecule has 6 nitrogen and oxygen atoms in total. The Bertz CT molecular complexity index is 816. The van der Waals surface area contributed by atoms with Crippen LogP contribution in [0.4, 0.5) is 0 Å². The quantitative estimate of drug-likeness (QED) is 0.748. The predicted molar refractivity (Wildman–Crippen MR) is 98.2 cm³/mol. The number of carbonyl (C=O) groups excluding carboxylic acids is 2. The monoisotopic (exact) mass is 375 g/mol. The molecule has 1 aromatic carbocycles. The highest BCUT2D eigenvalue weighted by molar-refractivity contribution is 7.15. The summed E-state index contributed by atoms with van der Waals surface area (Å²) in [5.41, 5.74) is 0.962. The second-order valence-corrected chi connectivity index (χ2v) is 7.00. The molecule has 0 radical (unpaired) electrons. The van der Waals surface area contributed by atoms with Crippen LogP contribution in [0.15, 0.2) is 30.3 Å². The summed E-state index contributed by atoms with van der Waals surface area (Å²) in [5, 5.41) is 0. The standard InChI is InChI=1S/C19H21NO5S/c1-23-12-6-7-13(15(11-12)24-2)14-5-4-10-20(14)18(21)16-8-9-17(26-16)19(22)25-3/h6-9,11,14H,4-5,10H2,1-3H3. The first-order valence-electron chi connectivity index (χ1n) is 8.30. The zero-order valence-corrected chi connectivity index (χ0v) is 15.8. The second kappa shape index (κ2) is 7.78. The molecule has 0 saturated carbocycles. The van der Waals surface area contributed by atoms with E-state index < -0.39 is 5.97 Å².